The zero-order valence-corrected chi connectivity index (χ0v) is 12.9. The zero-order valence-electron chi connectivity index (χ0n) is 12.1. The van der Waals surface area contributed by atoms with E-state index in [9.17, 15) is 13.2 Å². The van der Waals surface area contributed by atoms with Crippen molar-refractivity contribution in [2.45, 2.75) is 6.92 Å². The van der Waals surface area contributed by atoms with Crippen LogP contribution in [0.5, 0.6) is 0 Å². The van der Waals surface area contributed by atoms with Crippen molar-refractivity contribution in [2.24, 2.45) is 0 Å². The third kappa shape index (κ3) is 3.79. The summed E-state index contributed by atoms with van der Waals surface area (Å²) in [6, 6.07) is 16.4. The third-order valence-electron chi connectivity index (χ3n) is 3.02. The Hall–Kier alpha value is -2.47. The van der Waals surface area contributed by atoms with E-state index in [1.807, 2.05) is 42.5 Å². The van der Waals surface area contributed by atoms with E-state index in [1.165, 1.54) is 0 Å². The summed E-state index contributed by atoms with van der Waals surface area (Å²) in [5.41, 5.74) is 2.05. The minimum Gasteiger partial charge on any atom is -0.461 e. The summed E-state index contributed by atoms with van der Waals surface area (Å²) in [5.74, 6) is -0.588. The molecular formula is C16H16NO4S+. The van der Waals surface area contributed by atoms with Gasteiger partial charge in [-0.25, -0.2) is 4.79 Å². The summed E-state index contributed by atoms with van der Waals surface area (Å²) >= 11 is 0. The smallest absolute Gasteiger partial charge is 0.461 e. The Morgan fingerprint density at radius 2 is 1.68 bits per heavy atom. The second-order valence-corrected chi connectivity index (χ2v) is 5.32. The normalized spacial score (nSPS) is 10.0. The molecule has 2 aromatic rings. The first-order chi connectivity index (χ1) is 10.6. The molecule has 2 aromatic carbocycles. The highest BCUT2D eigenvalue weighted by Crippen LogP contribution is 2.29. The van der Waals surface area contributed by atoms with Crippen LogP contribution in [0.3, 0.4) is 0 Å². The van der Waals surface area contributed by atoms with Crippen LogP contribution in [-0.2, 0) is 20.0 Å². The van der Waals surface area contributed by atoms with Gasteiger partial charge in [0, 0.05) is 6.07 Å². The molecule has 0 saturated heterocycles. The van der Waals surface area contributed by atoms with Crippen molar-refractivity contribution in [1.29, 1.82) is 0 Å². The molecular weight excluding hydrogens is 302 g/mol. The number of hydrogen-bond acceptors (Lipinski definition) is 4. The molecule has 0 aliphatic heterocycles. The Bertz CT molecular complexity index is 790. The van der Waals surface area contributed by atoms with Crippen LogP contribution < -0.4 is 0 Å². The lowest BCUT2D eigenvalue weighted by Crippen LogP contribution is -2.19. The van der Waals surface area contributed by atoms with Gasteiger partial charge in [0.2, 0.25) is 5.69 Å². The Morgan fingerprint density at radius 3 is 2.32 bits per heavy atom. The van der Waals surface area contributed by atoms with Crippen molar-refractivity contribution in [2.75, 3.05) is 13.2 Å². The molecule has 0 unspecified atom stereocenters. The molecule has 5 nitrogen and oxygen atoms in total. The first-order valence-electron chi connectivity index (χ1n) is 6.80. The average molecular weight is 318 g/mol. The molecule has 0 aromatic heterocycles. The topological polar surface area (TPSA) is 63.5 Å². The van der Waals surface area contributed by atoms with Crippen LogP contribution >= 0.6 is 0 Å². The number of carbonyl (C=O) groups excluding carboxylic acids is 1. The summed E-state index contributed by atoms with van der Waals surface area (Å²) < 4.78 is 28.9. The number of rotatable bonds is 5. The fourth-order valence-electron chi connectivity index (χ4n) is 2.10. The first-order valence-corrected chi connectivity index (χ1v) is 7.83. The second-order valence-electron chi connectivity index (χ2n) is 4.44. The SMILES string of the molecule is CCOC(=O)C[N+](c1ccccc1-c1ccccc1)=S(=O)=O. The standard InChI is InChI=1S/C16H16NO4S/c1-2-21-16(18)12-17(22(19)20)15-11-7-6-10-14(15)13-8-4-3-5-9-13/h3-11H,2,12H2,1H3/q+1. The lowest BCUT2D eigenvalue weighted by atomic mass is 10.0. The number of benzene rings is 2. The van der Waals surface area contributed by atoms with Gasteiger partial charge < -0.3 is 4.74 Å². The van der Waals surface area contributed by atoms with E-state index in [0.29, 0.717) is 5.69 Å². The van der Waals surface area contributed by atoms with Crippen LogP contribution in [0.1, 0.15) is 6.92 Å². The summed E-state index contributed by atoms with van der Waals surface area (Å²) in [6.07, 6.45) is 0. The Morgan fingerprint density at radius 1 is 1.05 bits per heavy atom. The van der Waals surface area contributed by atoms with Crippen LogP contribution in [0.15, 0.2) is 54.6 Å². The molecule has 0 radical (unpaired) electrons. The van der Waals surface area contributed by atoms with Crippen LogP contribution in [0.2, 0.25) is 0 Å². The van der Waals surface area contributed by atoms with Gasteiger partial charge >= 0.3 is 16.5 Å². The van der Waals surface area contributed by atoms with E-state index in [4.69, 9.17) is 4.74 Å². The lowest BCUT2D eigenvalue weighted by Gasteiger charge is -2.05. The molecule has 0 aliphatic rings. The highest BCUT2D eigenvalue weighted by Gasteiger charge is 2.23. The van der Waals surface area contributed by atoms with Gasteiger partial charge in [0.05, 0.1) is 12.2 Å². The van der Waals surface area contributed by atoms with Crippen molar-refractivity contribution in [3.8, 4) is 11.1 Å². The van der Waals surface area contributed by atoms with Crippen LogP contribution in [0, 0.1) is 0 Å². The molecule has 0 heterocycles. The van der Waals surface area contributed by atoms with E-state index in [0.717, 1.165) is 15.1 Å². The molecule has 2 rings (SSSR count). The van der Waals surface area contributed by atoms with Crippen molar-refractivity contribution in [3.05, 3.63) is 54.6 Å². The van der Waals surface area contributed by atoms with E-state index < -0.39 is 16.5 Å². The Labute approximate surface area is 130 Å². The third-order valence-corrected chi connectivity index (χ3v) is 3.70. The minimum atomic E-state index is -2.58. The molecule has 0 N–H and O–H groups in total. The molecule has 0 atom stereocenters. The summed E-state index contributed by atoms with van der Waals surface area (Å²) in [4.78, 5) is 11.6. The molecule has 0 amide bonds. The van der Waals surface area contributed by atoms with Gasteiger partial charge in [0.1, 0.15) is 0 Å². The Balaban J connectivity index is 2.51. The molecule has 0 spiro atoms. The predicted octanol–water partition coefficient (Wildman–Crippen LogP) is 2.62. The lowest BCUT2D eigenvalue weighted by molar-refractivity contribution is -0.405. The molecule has 0 fully saturated rings. The maximum absolute atomic E-state index is 11.6. The van der Waals surface area contributed by atoms with Crippen molar-refractivity contribution in [1.82, 2.24) is 0 Å². The number of nitrogens with zero attached hydrogens (tertiary/aromatic N) is 1. The first kappa shape index (κ1) is 15.9. The second kappa shape index (κ2) is 7.51. The van der Waals surface area contributed by atoms with Gasteiger partial charge in [-0.05, 0) is 18.6 Å². The van der Waals surface area contributed by atoms with Gasteiger partial charge in [0.15, 0.2) is 0 Å². The zero-order chi connectivity index (χ0) is 15.9. The van der Waals surface area contributed by atoms with E-state index >= 15 is 0 Å². The number of para-hydroxylation sites is 1. The van der Waals surface area contributed by atoms with E-state index in [2.05, 4.69) is 0 Å². The molecule has 0 saturated carbocycles. The van der Waals surface area contributed by atoms with E-state index in [1.54, 1.807) is 19.1 Å². The van der Waals surface area contributed by atoms with E-state index in [-0.39, 0.29) is 13.2 Å². The molecule has 0 aliphatic carbocycles. The van der Waals surface area contributed by atoms with Gasteiger partial charge in [-0.1, -0.05) is 46.4 Å². The van der Waals surface area contributed by atoms with Crippen molar-refractivity contribution < 1.29 is 21.9 Å². The molecule has 6 heteroatoms. The number of carbonyl (C=O) groups is 1. The van der Waals surface area contributed by atoms with Crippen molar-refractivity contribution in [3.63, 3.8) is 0 Å². The summed E-state index contributed by atoms with van der Waals surface area (Å²) in [7, 11) is -2.58. The predicted molar refractivity (Wildman–Crippen MR) is 82.2 cm³/mol. The highest BCUT2D eigenvalue weighted by molar-refractivity contribution is 7.59. The summed E-state index contributed by atoms with van der Waals surface area (Å²) in [5, 5.41) is 0. The van der Waals surface area contributed by atoms with Gasteiger partial charge in [0.25, 0.3) is 6.54 Å². The maximum atomic E-state index is 11.6. The molecule has 22 heavy (non-hydrogen) atoms. The summed E-state index contributed by atoms with van der Waals surface area (Å²) in [6.45, 7) is 1.53. The largest absolute Gasteiger partial charge is 0.465 e. The number of esters is 1. The Kier molecular flexibility index (Phi) is 5.43. The van der Waals surface area contributed by atoms with Gasteiger partial charge in [-0.3, -0.25) is 0 Å². The number of ether oxygens (including phenoxy) is 1. The quantitative estimate of drug-likeness (QED) is 0.628. The van der Waals surface area contributed by atoms with Crippen LogP contribution in [0.4, 0.5) is 5.69 Å². The molecule has 114 valence electrons. The van der Waals surface area contributed by atoms with Crippen LogP contribution in [0.25, 0.3) is 11.1 Å². The molecule has 0 bridgehead atoms. The highest BCUT2D eigenvalue weighted by atomic mass is 32.2. The van der Waals surface area contributed by atoms with Gasteiger partial charge in [-0.2, -0.15) is 0 Å². The monoisotopic (exact) mass is 318 g/mol. The number of hydrogen-bond donors (Lipinski definition) is 0. The fourth-order valence-corrected chi connectivity index (χ4v) is 2.63. The minimum absolute atomic E-state index is 0.207. The van der Waals surface area contributed by atoms with Crippen LogP contribution in [-0.4, -0.2) is 31.5 Å². The van der Waals surface area contributed by atoms with Gasteiger partial charge in [-0.15, -0.1) is 8.42 Å². The average Bonchev–Trinajstić information content (AvgIpc) is 2.53. The maximum Gasteiger partial charge on any atom is 0.465 e. The van der Waals surface area contributed by atoms with Crippen molar-refractivity contribution >= 4 is 22.2 Å². The fraction of sp³-hybridized carbons (Fsp3) is 0.188.